The maximum atomic E-state index is 11.6. The molecule has 0 heterocycles. The number of carbonyl (C=O) groups is 1. The molecule has 1 aliphatic rings. The SMILES string of the molecule is O=C(CC1CCCC1)NCCCCCCI. The topological polar surface area (TPSA) is 29.1 Å². The van der Waals surface area contributed by atoms with E-state index in [4.69, 9.17) is 0 Å². The van der Waals surface area contributed by atoms with Gasteiger partial charge in [-0.05, 0) is 36.0 Å². The molecule has 0 aliphatic heterocycles. The number of halogens is 1. The quantitative estimate of drug-likeness (QED) is 0.409. The molecule has 16 heavy (non-hydrogen) atoms. The molecule has 0 aromatic carbocycles. The first-order valence-corrected chi connectivity index (χ1v) is 8.18. The Hall–Kier alpha value is 0.200. The molecule has 0 aromatic rings. The van der Waals surface area contributed by atoms with Crippen LogP contribution in [0.15, 0.2) is 0 Å². The van der Waals surface area contributed by atoms with E-state index >= 15 is 0 Å². The zero-order valence-corrected chi connectivity index (χ0v) is 12.3. The fraction of sp³-hybridized carbons (Fsp3) is 0.923. The van der Waals surface area contributed by atoms with Crippen molar-refractivity contribution in [2.45, 2.75) is 57.8 Å². The van der Waals surface area contributed by atoms with Gasteiger partial charge in [0.25, 0.3) is 0 Å². The number of unbranched alkanes of at least 4 members (excludes halogenated alkanes) is 3. The predicted octanol–water partition coefficient (Wildman–Crippen LogP) is 3.68. The second-order valence-corrected chi connectivity index (χ2v) is 5.89. The Bertz CT molecular complexity index is 190. The Labute approximate surface area is 113 Å². The van der Waals surface area contributed by atoms with E-state index in [1.165, 1.54) is 49.4 Å². The lowest BCUT2D eigenvalue weighted by molar-refractivity contribution is -0.121. The van der Waals surface area contributed by atoms with Crippen LogP contribution in [-0.2, 0) is 4.79 Å². The van der Waals surface area contributed by atoms with Gasteiger partial charge in [-0.15, -0.1) is 0 Å². The van der Waals surface area contributed by atoms with Crippen LogP contribution in [0.5, 0.6) is 0 Å². The minimum absolute atomic E-state index is 0.279. The van der Waals surface area contributed by atoms with Crippen molar-refractivity contribution in [1.82, 2.24) is 5.32 Å². The summed E-state index contributed by atoms with van der Waals surface area (Å²) >= 11 is 2.42. The third-order valence-electron chi connectivity index (χ3n) is 3.33. The molecule has 3 heteroatoms. The van der Waals surface area contributed by atoms with Gasteiger partial charge in [0.1, 0.15) is 0 Å². The second-order valence-electron chi connectivity index (χ2n) is 4.81. The molecule has 0 atom stereocenters. The molecule has 1 saturated carbocycles. The van der Waals surface area contributed by atoms with Crippen LogP contribution in [0.1, 0.15) is 57.8 Å². The molecule has 1 fully saturated rings. The highest BCUT2D eigenvalue weighted by atomic mass is 127. The second kappa shape index (κ2) is 9.25. The van der Waals surface area contributed by atoms with Gasteiger partial charge in [0, 0.05) is 13.0 Å². The maximum absolute atomic E-state index is 11.6. The van der Waals surface area contributed by atoms with Crippen molar-refractivity contribution in [3.05, 3.63) is 0 Å². The van der Waals surface area contributed by atoms with Gasteiger partial charge in [-0.2, -0.15) is 0 Å². The standard InChI is InChI=1S/C13H24INO/c14-9-5-1-2-6-10-15-13(16)11-12-7-3-4-8-12/h12H,1-11H2,(H,15,16). The van der Waals surface area contributed by atoms with Gasteiger partial charge < -0.3 is 5.32 Å². The summed E-state index contributed by atoms with van der Waals surface area (Å²) in [6.45, 7) is 0.882. The van der Waals surface area contributed by atoms with E-state index in [2.05, 4.69) is 27.9 Å². The molecule has 0 saturated heterocycles. The van der Waals surface area contributed by atoms with Crippen LogP contribution in [0.3, 0.4) is 0 Å². The summed E-state index contributed by atoms with van der Waals surface area (Å²) < 4.78 is 1.26. The molecule has 0 unspecified atom stereocenters. The van der Waals surface area contributed by atoms with E-state index in [1.54, 1.807) is 0 Å². The van der Waals surface area contributed by atoms with Crippen LogP contribution in [0.25, 0.3) is 0 Å². The van der Waals surface area contributed by atoms with Crippen molar-refractivity contribution in [3.63, 3.8) is 0 Å². The summed E-state index contributed by atoms with van der Waals surface area (Å²) in [6, 6.07) is 0. The minimum atomic E-state index is 0.279. The van der Waals surface area contributed by atoms with Crippen LogP contribution in [-0.4, -0.2) is 16.9 Å². The summed E-state index contributed by atoms with van der Waals surface area (Å²) in [5.74, 6) is 0.958. The highest BCUT2D eigenvalue weighted by molar-refractivity contribution is 14.1. The van der Waals surface area contributed by atoms with Gasteiger partial charge in [0.15, 0.2) is 0 Å². The lowest BCUT2D eigenvalue weighted by Gasteiger charge is -2.09. The van der Waals surface area contributed by atoms with E-state index < -0.39 is 0 Å². The molecule has 1 rings (SSSR count). The summed E-state index contributed by atoms with van der Waals surface area (Å²) in [4.78, 5) is 11.6. The van der Waals surface area contributed by atoms with E-state index in [1.807, 2.05) is 0 Å². The zero-order valence-electron chi connectivity index (χ0n) is 10.1. The normalized spacial score (nSPS) is 16.6. The molecular weight excluding hydrogens is 313 g/mol. The number of carbonyl (C=O) groups excluding carboxylic acids is 1. The number of alkyl halides is 1. The van der Waals surface area contributed by atoms with Gasteiger partial charge in [0.05, 0.1) is 0 Å². The number of hydrogen-bond donors (Lipinski definition) is 1. The molecule has 0 bridgehead atoms. The van der Waals surface area contributed by atoms with Gasteiger partial charge in [-0.3, -0.25) is 4.79 Å². The first-order chi connectivity index (χ1) is 7.83. The van der Waals surface area contributed by atoms with Gasteiger partial charge in [0.2, 0.25) is 5.91 Å². The third-order valence-corrected chi connectivity index (χ3v) is 4.09. The molecule has 1 amide bonds. The number of amides is 1. The van der Waals surface area contributed by atoms with Gasteiger partial charge in [-0.25, -0.2) is 0 Å². The summed E-state index contributed by atoms with van der Waals surface area (Å²) in [6.07, 6.45) is 11.0. The Kier molecular flexibility index (Phi) is 8.25. The average molecular weight is 337 g/mol. The Morgan fingerprint density at radius 1 is 1.12 bits per heavy atom. The van der Waals surface area contributed by atoms with E-state index in [-0.39, 0.29) is 5.91 Å². The molecule has 94 valence electrons. The lowest BCUT2D eigenvalue weighted by atomic mass is 10.0. The third kappa shape index (κ3) is 6.71. The fourth-order valence-electron chi connectivity index (χ4n) is 2.35. The minimum Gasteiger partial charge on any atom is -0.356 e. The molecule has 1 N–H and O–H groups in total. The van der Waals surface area contributed by atoms with Crippen LogP contribution < -0.4 is 5.32 Å². The molecule has 2 nitrogen and oxygen atoms in total. The Morgan fingerprint density at radius 3 is 2.50 bits per heavy atom. The van der Waals surface area contributed by atoms with Gasteiger partial charge in [-0.1, -0.05) is 48.3 Å². The highest BCUT2D eigenvalue weighted by Gasteiger charge is 2.17. The average Bonchev–Trinajstić information content (AvgIpc) is 2.76. The predicted molar refractivity (Wildman–Crippen MR) is 76.9 cm³/mol. The van der Waals surface area contributed by atoms with Crippen LogP contribution >= 0.6 is 22.6 Å². The largest absolute Gasteiger partial charge is 0.356 e. The molecule has 1 aliphatic carbocycles. The zero-order chi connectivity index (χ0) is 11.6. The van der Waals surface area contributed by atoms with E-state index in [0.717, 1.165) is 19.4 Å². The summed E-state index contributed by atoms with van der Waals surface area (Å²) in [5.41, 5.74) is 0. The van der Waals surface area contributed by atoms with Crippen molar-refractivity contribution in [2.24, 2.45) is 5.92 Å². The van der Waals surface area contributed by atoms with Crippen LogP contribution in [0.4, 0.5) is 0 Å². The summed E-state index contributed by atoms with van der Waals surface area (Å²) in [5, 5.41) is 3.05. The smallest absolute Gasteiger partial charge is 0.220 e. The van der Waals surface area contributed by atoms with Crippen molar-refractivity contribution in [1.29, 1.82) is 0 Å². The number of rotatable bonds is 8. The van der Waals surface area contributed by atoms with Crippen LogP contribution in [0.2, 0.25) is 0 Å². The first-order valence-electron chi connectivity index (χ1n) is 6.65. The van der Waals surface area contributed by atoms with Crippen LogP contribution in [0, 0.1) is 5.92 Å². The van der Waals surface area contributed by atoms with Gasteiger partial charge >= 0.3 is 0 Å². The first kappa shape index (κ1) is 14.3. The van der Waals surface area contributed by atoms with E-state index in [0.29, 0.717) is 5.92 Å². The highest BCUT2D eigenvalue weighted by Crippen LogP contribution is 2.27. The number of nitrogens with one attached hydrogen (secondary N) is 1. The van der Waals surface area contributed by atoms with Crippen molar-refractivity contribution < 1.29 is 4.79 Å². The van der Waals surface area contributed by atoms with Crippen molar-refractivity contribution in [3.8, 4) is 0 Å². The lowest BCUT2D eigenvalue weighted by Crippen LogP contribution is -2.25. The Morgan fingerprint density at radius 2 is 1.81 bits per heavy atom. The summed E-state index contributed by atoms with van der Waals surface area (Å²) in [7, 11) is 0. The monoisotopic (exact) mass is 337 g/mol. The fourth-order valence-corrected chi connectivity index (χ4v) is 2.89. The van der Waals surface area contributed by atoms with Crippen molar-refractivity contribution in [2.75, 3.05) is 11.0 Å². The molecular formula is C13H24INO. The van der Waals surface area contributed by atoms with E-state index in [9.17, 15) is 4.79 Å². The maximum Gasteiger partial charge on any atom is 0.220 e. The Balaban J connectivity index is 1.89. The molecule has 0 radical (unpaired) electrons. The molecule has 0 spiro atoms. The number of hydrogen-bond acceptors (Lipinski definition) is 1. The molecule has 0 aromatic heterocycles. The van der Waals surface area contributed by atoms with Crippen molar-refractivity contribution >= 4 is 28.5 Å².